The van der Waals surface area contributed by atoms with Crippen LogP contribution in [0.1, 0.15) is 25.7 Å². The molecule has 0 atom stereocenters. The molecule has 20 heavy (non-hydrogen) atoms. The normalized spacial score (nSPS) is 18.1. The highest BCUT2D eigenvalue weighted by atomic mass is 35.5. The minimum atomic E-state index is -3.69. The fourth-order valence-electron chi connectivity index (χ4n) is 2.60. The van der Waals surface area contributed by atoms with Gasteiger partial charge in [0.2, 0.25) is 10.0 Å². The van der Waals surface area contributed by atoms with E-state index in [0.717, 1.165) is 25.7 Å². The molecule has 1 saturated carbocycles. The molecule has 0 aromatic heterocycles. The molecule has 0 unspecified atom stereocenters. The maximum Gasteiger partial charge on any atom is 0.244 e. The SMILES string of the molecule is COc1cc(Cl)ccc1S(=O)(=O)NC1(CN)CCCC1. The van der Waals surface area contributed by atoms with Crippen molar-refractivity contribution in [3.05, 3.63) is 23.2 Å². The summed E-state index contributed by atoms with van der Waals surface area (Å²) in [5, 5.41) is 0.426. The number of halogens is 1. The maximum atomic E-state index is 12.6. The Labute approximate surface area is 124 Å². The fourth-order valence-corrected chi connectivity index (χ4v) is 4.39. The van der Waals surface area contributed by atoms with E-state index in [-0.39, 0.29) is 10.6 Å². The highest BCUT2D eigenvalue weighted by Gasteiger charge is 2.37. The number of nitrogens with two attached hydrogens (primary N) is 1. The van der Waals surface area contributed by atoms with Gasteiger partial charge in [-0.2, -0.15) is 0 Å². The number of hydrogen-bond acceptors (Lipinski definition) is 4. The van der Waals surface area contributed by atoms with Gasteiger partial charge in [0.15, 0.2) is 0 Å². The summed E-state index contributed by atoms with van der Waals surface area (Å²) < 4.78 is 33.0. The van der Waals surface area contributed by atoms with Crippen LogP contribution >= 0.6 is 11.6 Å². The monoisotopic (exact) mass is 318 g/mol. The molecule has 0 amide bonds. The number of rotatable bonds is 5. The molecular weight excluding hydrogens is 300 g/mol. The van der Waals surface area contributed by atoms with E-state index in [1.165, 1.54) is 25.3 Å². The Hall–Kier alpha value is -0.820. The van der Waals surface area contributed by atoms with Crippen molar-refractivity contribution >= 4 is 21.6 Å². The van der Waals surface area contributed by atoms with Gasteiger partial charge in [-0.1, -0.05) is 24.4 Å². The average molecular weight is 319 g/mol. The lowest BCUT2D eigenvalue weighted by molar-refractivity contribution is 0.389. The zero-order valence-electron chi connectivity index (χ0n) is 11.4. The van der Waals surface area contributed by atoms with Crippen molar-refractivity contribution in [2.24, 2.45) is 5.73 Å². The molecule has 2 rings (SSSR count). The second-order valence-corrected chi connectivity index (χ2v) is 7.18. The summed E-state index contributed by atoms with van der Waals surface area (Å²) in [6.07, 6.45) is 3.49. The highest BCUT2D eigenvalue weighted by molar-refractivity contribution is 7.89. The molecule has 0 aliphatic heterocycles. The number of nitrogens with one attached hydrogen (secondary N) is 1. The van der Waals surface area contributed by atoms with Gasteiger partial charge >= 0.3 is 0 Å². The molecule has 0 heterocycles. The maximum absolute atomic E-state index is 12.6. The molecule has 112 valence electrons. The predicted molar refractivity (Wildman–Crippen MR) is 78.6 cm³/mol. The lowest BCUT2D eigenvalue weighted by atomic mass is 10.0. The lowest BCUT2D eigenvalue weighted by Gasteiger charge is -2.28. The standard InChI is InChI=1S/C13H19ClN2O3S/c1-19-11-8-10(14)4-5-12(11)20(17,18)16-13(9-15)6-2-3-7-13/h4-5,8,16H,2-3,6-7,9,15H2,1H3. The topological polar surface area (TPSA) is 81.4 Å². The van der Waals surface area contributed by atoms with E-state index < -0.39 is 15.6 Å². The molecule has 1 aromatic rings. The summed E-state index contributed by atoms with van der Waals surface area (Å²) in [4.78, 5) is 0.0872. The number of ether oxygens (including phenoxy) is 1. The molecule has 3 N–H and O–H groups in total. The van der Waals surface area contributed by atoms with E-state index >= 15 is 0 Å². The summed E-state index contributed by atoms with van der Waals surface area (Å²) in [6, 6.07) is 4.46. The lowest BCUT2D eigenvalue weighted by Crippen LogP contribution is -2.51. The van der Waals surface area contributed by atoms with Crippen LogP contribution in [0.2, 0.25) is 5.02 Å². The van der Waals surface area contributed by atoms with Crippen LogP contribution in [0.3, 0.4) is 0 Å². The first-order chi connectivity index (χ1) is 9.42. The third kappa shape index (κ3) is 3.09. The van der Waals surface area contributed by atoms with Crippen LogP contribution in [0, 0.1) is 0 Å². The zero-order chi connectivity index (χ0) is 14.8. The summed E-state index contributed by atoms with van der Waals surface area (Å²) in [6.45, 7) is 0.294. The van der Waals surface area contributed by atoms with Crippen molar-refractivity contribution in [3.63, 3.8) is 0 Å². The Bertz CT molecular complexity index is 583. The van der Waals surface area contributed by atoms with Crippen LogP contribution in [-0.2, 0) is 10.0 Å². The summed E-state index contributed by atoms with van der Waals surface area (Å²) in [7, 11) is -2.27. The summed E-state index contributed by atoms with van der Waals surface area (Å²) in [5.74, 6) is 0.232. The van der Waals surface area contributed by atoms with E-state index in [4.69, 9.17) is 22.1 Å². The third-order valence-corrected chi connectivity index (χ3v) is 5.57. The molecule has 5 nitrogen and oxygen atoms in total. The molecule has 1 aliphatic rings. The van der Waals surface area contributed by atoms with E-state index in [0.29, 0.717) is 11.6 Å². The second kappa shape index (κ2) is 5.89. The van der Waals surface area contributed by atoms with E-state index in [1.807, 2.05) is 0 Å². The minimum absolute atomic E-state index is 0.0872. The van der Waals surface area contributed by atoms with E-state index in [9.17, 15) is 8.42 Å². The molecule has 0 radical (unpaired) electrons. The fraction of sp³-hybridized carbons (Fsp3) is 0.538. The quantitative estimate of drug-likeness (QED) is 0.868. The van der Waals surface area contributed by atoms with Gasteiger partial charge in [-0.25, -0.2) is 13.1 Å². The van der Waals surface area contributed by atoms with E-state index in [2.05, 4.69) is 4.72 Å². The molecule has 1 aliphatic carbocycles. The van der Waals surface area contributed by atoms with Crippen LogP contribution in [0.15, 0.2) is 23.1 Å². The van der Waals surface area contributed by atoms with Gasteiger partial charge in [0.25, 0.3) is 0 Å². The summed E-state index contributed by atoms with van der Waals surface area (Å²) >= 11 is 5.86. The zero-order valence-corrected chi connectivity index (χ0v) is 12.9. The van der Waals surface area contributed by atoms with Crippen molar-refractivity contribution in [3.8, 4) is 5.75 Å². The van der Waals surface area contributed by atoms with Crippen LogP contribution in [0.4, 0.5) is 0 Å². The molecular formula is C13H19ClN2O3S. The Morgan fingerprint density at radius 1 is 1.40 bits per heavy atom. The molecule has 1 aromatic carbocycles. The van der Waals surface area contributed by atoms with Gasteiger partial charge in [0, 0.05) is 23.2 Å². The van der Waals surface area contributed by atoms with Gasteiger partial charge in [0.1, 0.15) is 10.6 Å². The number of methoxy groups -OCH3 is 1. The van der Waals surface area contributed by atoms with Crippen LogP contribution < -0.4 is 15.2 Å². The second-order valence-electron chi connectivity index (χ2n) is 5.09. The van der Waals surface area contributed by atoms with Crippen molar-refractivity contribution in [1.29, 1.82) is 0 Å². The van der Waals surface area contributed by atoms with Crippen LogP contribution in [-0.4, -0.2) is 27.6 Å². The van der Waals surface area contributed by atoms with Gasteiger partial charge in [-0.3, -0.25) is 0 Å². The van der Waals surface area contributed by atoms with Crippen molar-refractivity contribution in [2.45, 2.75) is 36.1 Å². The van der Waals surface area contributed by atoms with Gasteiger partial charge in [0.05, 0.1) is 7.11 Å². The smallest absolute Gasteiger partial charge is 0.244 e. The van der Waals surface area contributed by atoms with Crippen LogP contribution in [0.5, 0.6) is 5.75 Å². The first kappa shape index (κ1) is 15.6. The average Bonchev–Trinajstić information content (AvgIpc) is 2.86. The van der Waals surface area contributed by atoms with Crippen molar-refractivity contribution in [1.82, 2.24) is 4.72 Å². The Kier molecular flexibility index (Phi) is 4.59. The third-order valence-electron chi connectivity index (χ3n) is 3.72. The number of sulfonamides is 1. The van der Waals surface area contributed by atoms with Crippen LogP contribution in [0.25, 0.3) is 0 Å². The first-order valence-corrected chi connectivity index (χ1v) is 8.36. The Morgan fingerprint density at radius 3 is 2.60 bits per heavy atom. The summed E-state index contributed by atoms with van der Waals surface area (Å²) in [5.41, 5.74) is 5.23. The minimum Gasteiger partial charge on any atom is -0.495 e. The first-order valence-electron chi connectivity index (χ1n) is 6.50. The molecule has 0 spiro atoms. The largest absolute Gasteiger partial charge is 0.495 e. The molecule has 7 heteroatoms. The molecule has 0 saturated heterocycles. The highest BCUT2D eigenvalue weighted by Crippen LogP contribution is 2.33. The van der Waals surface area contributed by atoms with Gasteiger partial charge in [-0.15, -0.1) is 0 Å². The number of hydrogen-bond donors (Lipinski definition) is 2. The van der Waals surface area contributed by atoms with Gasteiger partial charge in [-0.05, 0) is 25.0 Å². The van der Waals surface area contributed by atoms with Gasteiger partial charge < -0.3 is 10.5 Å². The number of benzene rings is 1. The molecule has 0 bridgehead atoms. The Balaban J connectivity index is 2.35. The van der Waals surface area contributed by atoms with E-state index in [1.54, 1.807) is 0 Å². The predicted octanol–water partition coefficient (Wildman–Crippen LogP) is 1.90. The van der Waals surface area contributed by atoms with Crippen molar-refractivity contribution < 1.29 is 13.2 Å². The Morgan fingerprint density at radius 2 is 2.05 bits per heavy atom. The molecule has 1 fully saturated rings. The van der Waals surface area contributed by atoms with Crippen molar-refractivity contribution in [2.75, 3.05) is 13.7 Å².